The number of carboxylic acids is 2. The Balaban J connectivity index is 2.72. The van der Waals surface area contributed by atoms with E-state index in [2.05, 4.69) is 16.0 Å². The zero-order chi connectivity index (χ0) is 26.0. The van der Waals surface area contributed by atoms with Gasteiger partial charge in [-0.25, -0.2) is 9.18 Å². The molecule has 0 aliphatic rings. The number of rotatable bonds is 13. The maximum atomic E-state index is 13.0. The monoisotopic (exact) mass is 482 g/mol. The highest BCUT2D eigenvalue weighted by Crippen LogP contribution is 2.07. The lowest BCUT2D eigenvalue weighted by atomic mass is 10.0. The molecule has 34 heavy (non-hydrogen) atoms. The summed E-state index contributed by atoms with van der Waals surface area (Å²) < 4.78 is 13.0. The lowest BCUT2D eigenvalue weighted by Crippen LogP contribution is -2.57. The second-order valence-corrected chi connectivity index (χ2v) is 8.23. The average molecular weight is 483 g/mol. The van der Waals surface area contributed by atoms with Crippen LogP contribution < -0.4 is 21.7 Å². The Kier molecular flexibility index (Phi) is 11.1. The largest absolute Gasteiger partial charge is 0.481 e. The molecule has 1 aromatic rings. The molecule has 0 aromatic heterocycles. The number of carboxylic acid groups (broad SMARTS) is 2. The smallest absolute Gasteiger partial charge is 0.326 e. The molecule has 188 valence electrons. The van der Waals surface area contributed by atoms with Gasteiger partial charge in [0.05, 0.1) is 6.04 Å². The Labute approximate surface area is 196 Å². The van der Waals surface area contributed by atoms with Gasteiger partial charge < -0.3 is 31.9 Å². The minimum absolute atomic E-state index is 0.115. The van der Waals surface area contributed by atoms with E-state index >= 15 is 0 Å². The molecular formula is C22H31FN4O7. The van der Waals surface area contributed by atoms with Crippen LogP contribution in [0.4, 0.5) is 4.39 Å². The Bertz CT molecular complexity index is 892. The maximum absolute atomic E-state index is 13.0. The van der Waals surface area contributed by atoms with Crippen LogP contribution in [-0.4, -0.2) is 64.0 Å². The number of halogens is 1. The SMILES string of the molecule is CC(NC(=O)C(NC(=O)C(N)Cc1ccc(F)cc1)C(C)C)C(=O)NC(CCC(=O)O)C(=O)O. The Morgan fingerprint density at radius 1 is 0.912 bits per heavy atom. The molecule has 7 N–H and O–H groups in total. The molecular weight excluding hydrogens is 451 g/mol. The summed E-state index contributed by atoms with van der Waals surface area (Å²) >= 11 is 0. The molecule has 0 fully saturated rings. The molecule has 0 bridgehead atoms. The number of aliphatic carboxylic acids is 2. The first kappa shape index (κ1) is 28.5. The van der Waals surface area contributed by atoms with Crippen molar-refractivity contribution in [1.82, 2.24) is 16.0 Å². The second kappa shape index (κ2) is 13.2. The minimum atomic E-state index is -1.44. The number of carbonyl (C=O) groups excluding carboxylic acids is 3. The fourth-order valence-electron chi connectivity index (χ4n) is 2.95. The second-order valence-electron chi connectivity index (χ2n) is 8.23. The van der Waals surface area contributed by atoms with Crippen LogP contribution in [0.15, 0.2) is 24.3 Å². The van der Waals surface area contributed by atoms with E-state index in [0.29, 0.717) is 5.56 Å². The molecule has 4 unspecified atom stereocenters. The molecule has 12 heteroatoms. The third kappa shape index (κ3) is 9.53. The molecule has 1 rings (SSSR count). The number of benzene rings is 1. The molecule has 4 atom stereocenters. The van der Waals surface area contributed by atoms with Crippen LogP contribution in [0.1, 0.15) is 39.2 Å². The summed E-state index contributed by atoms with van der Waals surface area (Å²) in [5.41, 5.74) is 6.55. The van der Waals surface area contributed by atoms with Crippen LogP contribution in [0.25, 0.3) is 0 Å². The molecule has 0 spiro atoms. The van der Waals surface area contributed by atoms with Crippen LogP contribution in [-0.2, 0) is 30.4 Å². The number of amides is 3. The van der Waals surface area contributed by atoms with Gasteiger partial charge in [-0.1, -0.05) is 26.0 Å². The highest BCUT2D eigenvalue weighted by atomic mass is 19.1. The van der Waals surface area contributed by atoms with E-state index in [-0.39, 0.29) is 18.8 Å². The van der Waals surface area contributed by atoms with Crippen LogP contribution in [0, 0.1) is 11.7 Å². The number of hydrogen-bond donors (Lipinski definition) is 6. The van der Waals surface area contributed by atoms with Crippen molar-refractivity contribution in [3.05, 3.63) is 35.6 Å². The van der Waals surface area contributed by atoms with Gasteiger partial charge in [-0.05, 0) is 43.4 Å². The first-order chi connectivity index (χ1) is 15.8. The van der Waals surface area contributed by atoms with Gasteiger partial charge in [0.1, 0.15) is 23.9 Å². The van der Waals surface area contributed by atoms with Gasteiger partial charge in [0.15, 0.2) is 0 Å². The van der Waals surface area contributed by atoms with E-state index in [9.17, 15) is 28.4 Å². The van der Waals surface area contributed by atoms with Crippen molar-refractivity contribution in [2.24, 2.45) is 11.7 Å². The van der Waals surface area contributed by atoms with Crippen LogP contribution >= 0.6 is 0 Å². The van der Waals surface area contributed by atoms with Crippen molar-refractivity contribution in [3.63, 3.8) is 0 Å². The Hall–Kier alpha value is -3.54. The molecule has 11 nitrogen and oxygen atoms in total. The predicted molar refractivity (Wildman–Crippen MR) is 119 cm³/mol. The van der Waals surface area contributed by atoms with Crippen LogP contribution in [0.2, 0.25) is 0 Å². The summed E-state index contributed by atoms with van der Waals surface area (Å²) in [7, 11) is 0. The highest BCUT2D eigenvalue weighted by Gasteiger charge is 2.30. The average Bonchev–Trinajstić information content (AvgIpc) is 2.75. The fraction of sp³-hybridized carbons (Fsp3) is 0.500. The first-order valence-electron chi connectivity index (χ1n) is 10.7. The molecule has 0 radical (unpaired) electrons. The fourth-order valence-corrected chi connectivity index (χ4v) is 2.95. The van der Waals surface area contributed by atoms with E-state index in [0.717, 1.165) is 0 Å². The van der Waals surface area contributed by atoms with Gasteiger partial charge in [0.2, 0.25) is 17.7 Å². The normalized spacial score (nSPS) is 14.4. The molecule has 1 aromatic carbocycles. The summed E-state index contributed by atoms with van der Waals surface area (Å²) in [5, 5.41) is 25.0. The van der Waals surface area contributed by atoms with Crippen molar-refractivity contribution in [3.8, 4) is 0 Å². The minimum Gasteiger partial charge on any atom is -0.481 e. The number of carbonyl (C=O) groups is 5. The predicted octanol–water partition coefficient (Wildman–Crippen LogP) is -0.225. The highest BCUT2D eigenvalue weighted by molar-refractivity contribution is 5.94. The van der Waals surface area contributed by atoms with Crippen molar-refractivity contribution < 1.29 is 38.6 Å². The summed E-state index contributed by atoms with van der Waals surface area (Å²) in [6, 6.07) is 0.834. The molecule has 0 heterocycles. The maximum Gasteiger partial charge on any atom is 0.326 e. The molecule has 0 aliphatic carbocycles. The van der Waals surface area contributed by atoms with Crippen molar-refractivity contribution in [2.45, 2.75) is 64.2 Å². The third-order valence-corrected chi connectivity index (χ3v) is 4.97. The quantitative estimate of drug-likeness (QED) is 0.222. The van der Waals surface area contributed by atoms with E-state index in [4.69, 9.17) is 15.9 Å². The standard InChI is InChI=1S/C22H31FN4O7/c1-11(2)18(27-20(31)15(24)10-13-4-6-14(23)7-5-13)21(32)25-12(3)19(30)26-16(22(33)34)8-9-17(28)29/h4-7,11-12,15-16,18H,8-10,24H2,1-3H3,(H,25,32)(H,26,30)(H,27,31)(H,28,29)(H,33,34). The van der Waals surface area contributed by atoms with Crippen LogP contribution in [0.5, 0.6) is 0 Å². The summed E-state index contributed by atoms with van der Waals surface area (Å²) in [5.74, 6) is -5.54. The zero-order valence-electron chi connectivity index (χ0n) is 19.2. The van der Waals surface area contributed by atoms with Gasteiger partial charge in [0, 0.05) is 6.42 Å². The van der Waals surface area contributed by atoms with Gasteiger partial charge in [-0.15, -0.1) is 0 Å². The molecule has 0 saturated heterocycles. The summed E-state index contributed by atoms with van der Waals surface area (Å²) in [6.07, 6.45) is -0.671. The first-order valence-corrected chi connectivity index (χ1v) is 10.7. The number of nitrogens with one attached hydrogen (secondary N) is 3. The molecule has 3 amide bonds. The van der Waals surface area contributed by atoms with Gasteiger partial charge in [0.25, 0.3) is 0 Å². The Morgan fingerprint density at radius 3 is 2.00 bits per heavy atom. The van der Waals surface area contributed by atoms with E-state index in [1.54, 1.807) is 13.8 Å². The van der Waals surface area contributed by atoms with Crippen molar-refractivity contribution >= 4 is 29.7 Å². The van der Waals surface area contributed by atoms with Crippen molar-refractivity contribution in [2.75, 3.05) is 0 Å². The number of nitrogens with two attached hydrogens (primary N) is 1. The van der Waals surface area contributed by atoms with Gasteiger partial charge in [-0.2, -0.15) is 0 Å². The zero-order valence-corrected chi connectivity index (χ0v) is 19.2. The van der Waals surface area contributed by atoms with E-state index in [1.165, 1.54) is 31.2 Å². The van der Waals surface area contributed by atoms with E-state index in [1.807, 2.05) is 0 Å². The molecule has 0 aliphatic heterocycles. The van der Waals surface area contributed by atoms with Gasteiger partial charge in [-0.3, -0.25) is 19.2 Å². The summed E-state index contributed by atoms with van der Waals surface area (Å²) in [6.45, 7) is 4.67. The third-order valence-electron chi connectivity index (χ3n) is 4.97. The molecule has 0 saturated carbocycles. The lowest BCUT2D eigenvalue weighted by molar-refractivity contribution is -0.143. The lowest BCUT2D eigenvalue weighted by Gasteiger charge is -2.25. The summed E-state index contributed by atoms with van der Waals surface area (Å²) in [4.78, 5) is 59.5. The van der Waals surface area contributed by atoms with Crippen LogP contribution in [0.3, 0.4) is 0 Å². The number of hydrogen-bond acceptors (Lipinski definition) is 6. The topological polar surface area (TPSA) is 188 Å². The van der Waals surface area contributed by atoms with E-state index < -0.39 is 66.1 Å². The van der Waals surface area contributed by atoms with Crippen molar-refractivity contribution in [1.29, 1.82) is 0 Å². The van der Waals surface area contributed by atoms with Gasteiger partial charge >= 0.3 is 11.9 Å². The Morgan fingerprint density at radius 2 is 1.50 bits per heavy atom.